The third kappa shape index (κ3) is 2.35. The molecule has 0 spiro atoms. The van der Waals surface area contributed by atoms with Crippen molar-refractivity contribution in [1.29, 1.82) is 0 Å². The maximum atomic E-state index is 10.6. The van der Waals surface area contributed by atoms with Gasteiger partial charge in [-0.1, -0.05) is 6.92 Å². The van der Waals surface area contributed by atoms with Crippen LogP contribution in [0.5, 0.6) is 0 Å². The number of rotatable bonds is 3. The molecule has 0 aromatic heterocycles. The molecule has 0 amide bonds. The van der Waals surface area contributed by atoms with Gasteiger partial charge in [0.05, 0.1) is 13.2 Å². The van der Waals surface area contributed by atoms with E-state index in [1.165, 1.54) is 13.2 Å². The third-order valence-corrected chi connectivity index (χ3v) is 1.65. The molecule has 62 valence electrons. The Morgan fingerprint density at radius 3 is 2.91 bits per heavy atom. The van der Waals surface area contributed by atoms with Crippen LogP contribution < -0.4 is 0 Å². The second-order valence-corrected chi connectivity index (χ2v) is 2.43. The standard InChI is InChI=1S/C8H12O3/c1-3-6-7(11-6)4-5-8(9)10-2/h4-7H,3H2,1-2H3/b5-4+/t6-,7?/m0/s1. The molecule has 3 nitrogen and oxygen atoms in total. The first-order chi connectivity index (χ1) is 5.27. The molecule has 1 heterocycles. The van der Waals surface area contributed by atoms with Gasteiger partial charge in [-0.15, -0.1) is 0 Å². The highest BCUT2D eigenvalue weighted by Crippen LogP contribution is 2.25. The first kappa shape index (κ1) is 8.27. The quantitative estimate of drug-likeness (QED) is 0.346. The molecule has 11 heavy (non-hydrogen) atoms. The van der Waals surface area contributed by atoms with E-state index in [-0.39, 0.29) is 12.1 Å². The largest absolute Gasteiger partial charge is 0.466 e. The summed E-state index contributed by atoms with van der Waals surface area (Å²) in [6.45, 7) is 2.05. The third-order valence-electron chi connectivity index (χ3n) is 1.65. The molecule has 1 fully saturated rings. The minimum atomic E-state index is -0.324. The number of epoxide rings is 1. The van der Waals surface area contributed by atoms with Crippen molar-refractivity contribution in [3.05, 3.63) is 12.2 Å². The Morgan fingerprint density at radius 2 is 2.45 bits per heavy atom. The minimum absolute atomic E-state index is 0.138. The van der Waals surface area contributed by atoms with Crippen molar-refractivity contribution in [3.8, 4) is 0 Å². The first-order valence-electron chi connectivity index (χ1n) is 3.69. The molecule has 0 bridgehead atoms. The van der Waals surface area contributed by atoms with E-state index < -0.39 is 0 Å². The fraction of sp³-hybridized carbons (Fsp3) is 0.625. The fourth-order valence-electron chi connectivity index (χ4n) is 0.896. The van der Waals surface area contributed by atoms with Gasteiger partial charge in [-0.05, 0) is 12.5 Å². The zero-order valence-corrected chi connectivity index (χ0v) is 6.74. The molecule has 1 aliphatic heterocycles. The van der Waals surface area contributed by atoms with Gasteiger partial charge in [0.15, 0.2) is 0 Å². The van der Waals surface area contributed by atoms with Gasteiger partial charge in [0, 0.05) is 6.08 Å². The van der Waals surface area contributed by atoms with Crippen LogP contribution in [-0.2, 0) is 14.3 Å². The van der Waals surface area contributed by atoms with Gasteiger partial charge in [-0.25, -0.2) is 4.79 Å². The molecule has 2 atom stereocenters. The molecule has 1 unspecified atom stereocenters. The highest BCUT2D eigenvalue weighted by atomic mass is 16.6. The van der Waals surface area contributed by atoms with Gasteiger partial charge in [-0.2, -0.15) is 0 Å². The predicted molar refractivity (Wildman–Crippen MR) is 40.1 cm³/mol. The summed E-state index contributed by atoms with van der Waals surface area (Å²) in [5, 5.41) is 0. The summed E-state index contributed by atoms with van der Waals surface area (Å²) in [6.07, 6.45) is 4.59. The molecular formula is C8H12O3. The zero-order valence-electron chi connectivity index (χ0n) is 6.74. The van der Waals surface area contributed by atoms with Gasteiger partial charge < -0.3 is 9.47 Å². The molecule has 0 saturated carbocycles. The lowest BCUT2D eigenvalue weighted by atomic mass is 10.2. The summed E-state index contributed by atoms with van der Waals surface area (Å²) in [4.78, 5) is 10.6. The number of carbonyl (C=O) groups is 1. The molecule has 3 heteroatoms. The highest BCUT2D eigenvalue weighted by molar-refractivity contribution is 5.81. The maximum absolute atomic E-state index is 10.6. The SMILES string of the molecule is CC[C@@H]1OC1/C=C/C(=O)OC. The normalized spacial score (nSPS) is 28.9. The molecule has 1 saturated heterocycles. The summed E-state index contributed by atoms with van der Waals surface area (Å²) in [7, 11) is 1.36. The zero-order chi connectivity index (χ0) is 8.27. The Kier molecular flexibility index (Phi) is 2.65. The summed E-state index contributed by atoms with van der Waals surface area (Å²) in [5.41, 5.74) is 0. The van der Waals surface area contributed by atoms with Crippen molar-refractivity contribution < 1.29 is 14.3 Å². The van der Waals surface area contributed by atoms with Crippen LogP contribution in [0, 0.1) is 0 Å². The van der Waals surface area contributed by atoms with Gasteiger partial charge in [0.25, 0.3) is 0 Å². The molecule has 1 rings (SSSR count). The van der Waals surface area contributed by atoms with Crippen LogP contribution in [-0.4, -0.2) is 25.3 Å². The Labute approximate surface area is 66.0 Å². The molecule has 0 aliphatic carbocycles. The van der Waals surface area contributed by atoms with Gasteiger partial charge in [0.2, 0.25) is 0 Å². The van der Waals surface area contributed by atoms with Gasteiger partial charge >= 0.3 is 5.97 Å². The second-order valence-electron chi connectivity index (χ2n) is 2.43. The van der Waals surface area contributed by atoms with Crippen molar-refractivity contribution in [2.24, 2.45) is 0 Å². The van der Waals surface area contributed by atoms with Crippen LogP contribution in [0.25, 0.3) is 0 Å². The minimum Gasteiger partial charge on any atom is -0.466 e. The van der Waals surface area contributed by atoms with E-state index in [9.17, 15) is 4.79 Å². The van der Waals surface area contributed by atoms with Crippen LogP contribution in [0.1, 0.15) is 13.3 Å². The topological polar surface area (TPSA) is 38.8 Å². The summed E-state index contributed by atoms with van der Waals surface area (Å²) >= 11 is 0. The van der Waals surface area contributed by atoms with E-state index in [1.807, 2.05) is 0 Å². The lowest BCUT2D eigenvalue weighted by Crippen LogP contribution is -1.95. The van der Waals surface area contributed by atoms with Crippen molar-refractivity contribution >= 4 is 5.97 Å². The van der Waals surface area contributed by atoms with Gasteiger partial charge in [0.1, 0.15) is 6.10 Å². The Morgan fingerprint density at radius 1 is 1.73 bits per heavy atom. The Bertz CT molecular complexity index is 174. The molecule has 0 aromatic carbocycles. The Hall–Kier alpha value is -0.830. The van der Waals surface area contributed by atoms with Crippen LogP contribution in [0.3, 0.4) is 0 Å². The summed E-state index contributed by atoms with van der Waals surface area (Å²) < 4.78 is 9.58. The maximum Gasteiger partial charge on any atom is 0.330 e. The van der Waals surface area contributed by atoms with Crippen LogP contribution in [0.15, 0.2) is 12.2 Å². The number of carbonyl (C=O) groups excluding carboxylic acids is 1. The van der Waals surface area contributed by atoms with E-state index >= 15 is 0 Å². The van der Waals surface area contributed by atoms with E-state index in [1.54, 1.807) is 6.08 Å². The predicted octanol–water partition coefficient (Wildman–Crippen LogP) is 0.893. The number of hydrogen-bond acceptors (Lipinski definition) is 3. The molecule has 0 aromatic rings. The highest BCUT2D eigenvalue weighted by Gasteiger charge is 2.34. The smallest absolute Gasteiger partial charge is 0.330 e. The van der Waals surface area contributed by atoms with E-state index in [0.717, 1.165) is 6.42 Å². The van der Waals surface area contributed by atoms with E-state index in [2.05, 4.69) is 11.7 Å². The molecule has 0 N–H and O–H groups in total. The number of methoxy groups -OCH3 is 1. The van der Waals surface area contributed by atoms with Crippen molar-refractivity contribution in [2.75, 3.05) is 7.11 Å². The van der Waals surface area contributed by atoms with Crippen molar-refractivity contribution in [1.82, 2.24) is 0 Å². The lowest BCUT2D eigenvalue weighted by Gasteiger charge is -1.86. The van der Waals surface area contributed by atoms with Crippen LogP contribution in [0.4, 0.5) is 0 Å². The average Bonchev–Trinajstić information content (AvgIpc) is 2.78. The van der Waals surface area contributed by atoms with Gasteiger partial charge in [-0.3, -0.25) is 0 Å². The van der Waals surface area contributed by atoms with Crippen LogP contribution in [0.2, 0.25) is 0 Å². The number of esters is 1. The van der Waals surface area contributed by atoms with Crippen molar-refractivity contribution in [3.63, 3.8) is 0 Å². The number of ether oxygens (including phenoxy) is 2. The average molecular weight is 156 g/mol. The van der Waals surface area contributed by atoms with E-state index in [4.69, 9.17) is 4.74 Å². The van der Waals surface area contributed by atoms with E-state index in [0.29, 0.717) is 6.10 Å². The fourth-order valence-corrected chi connectivity index (χ4v) is 0.896. The summed E-state index contributed by atoms with van der Waals surface area (Å²) in [5.74, 6) is -0.324. The second kappa shape index (κ2) is 3.53. The summed E-state index contributed by atoms with van der Waals surface area (Å²) in [6, 6.07) is 0. The van der Waals surface area contributed by atoms with Crippen LogP contribution >= 0.6 is 0 Å². The van der Waals surface area contributed by atoms with Crippen molar-refractivity contribution in [2.45, 2.75) is 25.6 Å². The Balaban J connectivity index is 2.22. The first-order valence-corrected chi connectivity index (χ1v) is 3.69. The lowest BCUT2D eigenvalue weighted by molar-refractivity contribution is -0.134. The number of hydrogen-bond donors (Lipinski definition) is 0. The monoisotopic (exact) mass is 156 g/mol. The molecule has 0 radical (unpaired) electrons. The molecular weight excluding hydrogens is 144 g/mol. The molecule has 1 aliphatic rings.